The lowest BCUT2D eigenvalue weighted by Gasteiger charge is -2.35. The predicted molar refractivity (Wildman–Crippen MR) is 104 cm³/mol. The van der Waals surface area contributed by atoms with Gasteiger partial charge in [-0.05, 0) is 33.1 Å². The van der Waals surface area contributed by atoms with Gasteiger partial charge in [0.05, 0.1) is 0 Å². The first kappa shape index (κ1) is 26.8. The molecule has 174 valence electrons. The third-order valence-corrected chi connectivity index (χ3v) is 5.17. The Balaban J connectivity index is 2.97. The van der Waals surface area contributed by atoms with E-state index in [1.807, 2.05) is 0 Å². The molecule has 0 aliphatic heterocycles. The fourth-order valence-corrected chi connectivity index (χ4v) is 3.56. The summed E-state index contributed by atoms with van der Waals surface area (Å²) < 4.78 is 79.1. The van der Waals surface area contributed by atoms with E-state index in [4.69, 9.17) is 9.47 Å². The molecule has 30 heavy (non-hydrogen) atoms. The Bertz CT molecular complexity index is 619. The summed E-state index contributed by atoms with van der Waals surface area (Å²) in [6.45, 7) is 5.70. The van der Waals surface area contributed by atoms with Gasteiger partial charge in [-0.25, -0.2) is 22.0 Å². The number of halogens is 5. The number of benzene rings is 1. The van der Waals surface area contributed by atoms with Crippen LogP contribution in [0.3, 0.4) is 0 Å². The van der Waals surface area contributed by atoms with Gasteiger partial charge in [-0.1, -0.05) is 45.4 Å². The molecule has 0 heterocycles. The molecule has 0 fully saturated rings. The van der Waals surface area contributed by atoms with Gasteiger partial charge in [0.2, 0.25) is 5.82 Å². The first-order valence-electron chi connectivity index (χ1n) is 10.7. The molecule has 0 spiro atoms. The molecule has 1 aromatic rings. The third-order valence-electron chi connectivity index (χ3n) is 5.17. The Morgan fingerprint density at radius 1 is 0.700 bits per heavy atom. The van der Waals surface area contributed by atoms with Crippen molar-refractivity contribution in [3.63, 3.8) is 0 Å². The quantitative estimate of drug-likeness (QED) is 0.113. The molecular weight excluding hydrogens is 407 g/mol. The van der Waals surface area contributed by atoms with Crippen LogP contribution in [-0.2, 0) is 15.9 Å². The average Bonchev–Trinajstić information content (AvgIpc) is 2.71. The number of aliphatic hydroxyl groups is 1. The zero-order chi connectivity index (χ0) is 22.7. The fraction of sp³-hybridized carbons (Fsp3) is 0.727. The van der Waals surface area contributed by atoms with Crippen molar-refractivity contribution in [3.8, 4) is 0 Å². The number of ether oxygens (including phenoxy) is 2. The second-order valence-electron chi connectivity index (χ2n) is 7.34. The predicted octanol–water partition coefficient (Wildman–Crippen LogP) is 6.40. The summed E-state index contributed by atoms with van der Waals surface area (Å²) in [5.74, 6) is -12.5. The van der Waals surface area contributed by atoms with Crippen LogP contribution in [-0.4, -0.2) is 24.3 Å². The maximum Gasteiger partial charge on any atom is 0.283 e. The summed E-state index contributed by atoms with van der Waals surface area (Å²) in [5.41, 5.74) is -0.894. The van der Waals surface area contributed by atoms with E-state index >= 15 is 0 Å². The maximum atomic E-state index is 14.0. The van der Waals surface area contributed by atoms with Crippen molar-refractivity contribution in [2.75, 3.05) is 13.2 Å². The van der Waals surface area contributed by atoms with Gasteiger partial charge in [0.1, 0.15) is 0 Å². The summed E-state index contributed by atoms with van der Waals surface area (Å²) in [6, 6.07) is 0. The molecule has 0 bridgehead atoms. The van der Waals surface area contributed by atoms with Crippen LogP contribution in [0.1, 0.15) is 77.7 Å². The summed E-state index contributed by atoms with van der Waals surface area (Å²) >= 11 is 0. The lowest BCUT2D eigenvalue weighted by atomic mass is 9.91. The maximum absolute atomic E-state index is 14.0. The van der Waals surface area contributed by atoms with Crippen LogP contribution in [0.5, 0.6) is 0 Å². The highest BCUT2D eigenvalue weighted by molar-refractivity contribution is 5.24. The van der Waals surface area contributed by atoms with Crippen molar-refractivity contribution in [2.45, 2.75) is 84.5 Å². The van der Waals surface area contributed by atoms with Gasteiger partial charge in [-0.15, -0.1) is 0 Å². The molecule has 1 aromatic carbocycles. The van der Waals surface area contributed by atoms with Crippen LogP contribution in [0.2, 0.25) is 0 Å². The second kappa shape index (κ2) is 13.2. The number of unbranched alkanes of at least 4 members (excludes halogenated alkanes) is 5. The summed E-state index contributed by atoms with van der Waals surface area (Å²) in [5, 5.41) is 10.8. The first-order valence-corrected chi connectivity index (χ1v) is 10.7. The molecule has 0 aliphatic rings. The molecular formula is C22H33F5O3. The first-order chi connectivity index (χ1) is 14.2. The van der Waals surface area contributed by atoms with Crippen LogP contribution in [0.25, 0.3) is 0 Å². The molecule has 1 unspecified atom stereocenters. The van der Waals surface area contributed by atoms with Gasteiger partial charge in [0.15, 0.2) is 23.3 Å². The topological polar surface area (TPSA) is 38.7 Å². The van der Waals surface area contributed by atoms with Crippen molar-refractivity contribution in [3.05, 3.63) is 34.6 Å². The minimum atomic E-state index is -2.18. The van der Waals surface area contributed by atoms with Gasteiger partial charge in [0.25, 0.3) is 5.97 Å². The normalized spacial score (nSPS) is 13.1. The smallest absolute Gasteiger partial charge is 0.283 e. The van der Waals surface area contributed by atoms with Crippen LogP contribution in [0, 0.1) is 35.0 Å². The van der Waals surface area contributed by atoms with Gasteiger partial charge in [-0.3, -0.25) is 0 Å². The highest BCUT2D eigenvalue weighted by atomic mass is 19.2. The molecule has 0 radical (unpaired) electrons. The van der Waals surface area contributed by atoms with E-state index in [0.29, 0.717) is 12.8 Å². The zero-order valence-electron chi connectivity index (χ0n) is 18.0. The van der Waals surface area contributed by atoms with E-state index < -0.39 is 53.0 Å². The lowest BCUT2D eigenvalue weighted by Crippen LogP contribution is -2.44. The standard InChI is InChI=1S/C22H33F5O3/c1-4-7-8-9-10-11-12-15(22(28,29-5-2)30-6-3)13-14-16-17(23)19(25)21(27)20(26)18(16)24/h15,28H,4-14H2,1-3H3. The van der Waals surface area contributed by atoms with Gasteiger partial charge < -0.3 is 14.6 Å². The molecule has 0 saturated heterocycles. The van der Waals surface area contributed by atoms with Crippen molar-refractivity contribution in [2.24, 2.45) is 5.92 Å². The van der Waals surface area contributed by atoms with Crippen molar-refractivity contribution in [1.82, 2.24) is 0 Å². The van der Waals surface area contributed by atoms with E-state index in [1.165, 1.54) is 0 Å². The van der Waals surface area contributed by atoms with Crippen LogP contribution in [0.4, 0.5) is 22.0 Å². The fourth-order valence-electron chi connectivity index (χ4n) is 3.56. The second-order valence-corrected chi connectivity index (χ2v) is 7.34. The minimum absolute atomic E-state index is 0.0657. The van der Waals surface area contributed by atoms with E-state index in [9.17, 15) is 27.1 Å². The lowest BCUT2D eigenvalue weighted by molar-refractivity contribution is -0.385. The summed E-state index contributed by atoms with van der Waals surface area (Å²) in [4.78, 5) is 0. The monoisotopic (exact) mass is 440 g/mol. The Labute approximate surface area is 175 Å². The largest absolute Gasteiger partial charge is 0.343 e. The van der Waals surface area contributed by atoms with Crippen LogP contribution >= 0.6 is 0 Å². The van der Waals surface area contributed by atoms with Gasteiger partial charge in [-0.2, -0.15) is 0 Å². The molecule has 3 nitrogen and oxygen atoms in total. The Kier molecular flexibility index (Phi) is 11.8. The summed E-state index contributed by atoms with van der Waals surface area (Å²) in [7, 11) is 0. The van der Waals surface area contributed by atoms with E-state index in [1.54, 1.807) is 13.8 Å². The number of hydrogen-bond donors (Lipinski definition) is 1. The van der Waals surface area contributed by atoms with Crippen molar-refractivity contribution in [1.29, 1.82) is 0 Å². The van der Waals surface area contributed by atoms with Crippen LogP contribution in [0.15, 0.2) is 0 Å². The van der Waals surface area contributed by atoms with Gasteiger partial charge >= 0.3 is 0 Å². The molecule has 1 atom stereocenters. The average molecular weight is 440 g/mol. The van der Waals surface area contributed by atoms with E-state index in [-0.39, 0.29) is 19.6 Å². The highest BCUT2D eigenvalue weighted by Gasteiger charge is 2.39. The van der Waals surface area contributed by atoms with Crippen LogP contribution < -0.4 is 0 Å². The molecule has 1 N–H and O–H groups in total. The van der Waals surface area contributed by atoms with Gasteiger partial charge in [0, 0.05) is 24.7 Å². The minimum Gasteiger partial charge on any atom is -0.343 e. The molecule has 0 aliphatic carbocycles. The number of hydrogen-bond acceptors (Lipinski definition) is 3. The molecule has 0 saturated carbocycles. The third kappa shape index (κ3) is 7.17. The molecule has 0 amide bonds. The molecule has 8 heteroatoms. The Morgan fingerprint density at radius 2 is 1.17 bits per heavy atom. The Morgan fingerprint density at radius 3 is 1.67 bits per heavy atom. The van der Waals surface area contributed by atoms with Crippen molar-refractivity contribution >= 4 is 0 Å². The molecule has 0 aromatic heterocycles. The van der Waals surface area contributed by atoms with E-state index in [0.717, 1.165) is 32.1 Å². The zero-order valence-corrected chi connectivity index (χ0v) is 18.0. The Hall–Kier alpha value is -1.25. The summed E-state index contributed by atoms with van der Waals surface area (Å²) in [6.07, 6.45) is 5.87. The number of rotatable bonds is 15. The van der Waals surface area contributed by atoms with Crippen molar-refractivity contribution < 1.29 is 36.5 Å². The molecule has 1 rings (SSSR count). The highest BCUT2D eigenvalue weighted by Crippen LogP contribution is 2.32. The van der Waals surface area contributed by atoms with E-state index in [2.05, 4.69) is 6.92 Å². The SMILES string of the molecule is CCCCCCCCC(CCc1c(F)c(F)c(F)c(F)c1F)C(O)(OCC)OCC.